The number of aliphatic hydroxyl groups is 1. The number of benzene rings is 1. The third kappa shape index (κ3) is 5.94. The summed E-state index contributed by atoms with van der Waals surface area (Å²) in [6, 6.07) is 5.99. The van der Waals surface area contributed by atoms with Crippen molar-refractivity contribution in [2.75, 3.05) is 26.9 Å². The van der Waals surface area contributed by atoms with Crippen molar-refractivity contribution in [3.05, 3.63) is 23.8 Å². The smallest absolute Gasteiger partial charge is 0.161 e. The number of ether oxygens (including phenoxy) is 2. The molecule has 0 aliphatic heterocycles. The Bertz CT molecular complexity index is 355. The molecule has 0 heterocycles. The van der Waals surface area contributed by atoms with Gasteiger partial charge in [-0.1, -0.05) is 19.4 Å². The number of rotatable bonds is 10. The molecule has 0 aliphatic carbocycles. The van der Waals surface area contributed by atoms with Gasteiger partial charge in [-0.2, -0.15) is 0 Å². The number of methoxy groups -OCH3 is 1. The van der Waals surface area contributed by atoms with Crippen molar-refractivity contribution in [2.45, 2.75) is 32.7 Å². The van der Waals surface area contributed by atoms with E-state index >= 15 is 0 Å². The second kappa shape index (κ2) is 9.64. The molecule has 1 aromatic rings. The van der Waals surface area contributed by atoms with Crippen molar-refractivity contribution in [1.82, 2.24) is 5.32 Å². The summed E-state index contributed by atoms with van der Waals surface area (Å²) >= 11 is 0. The Morgan fingerprint density at radius 1 is 1.21 bits per heavy atom. The van der Waals surface area contributed by atoms with Gasteiger partial charge in [0.15, 0.2) is 11.5 Å². The monoisotopic (exact) mass is 267 g/mol. The quantitative estimate of drug-likeness (QED) is 0.639. The van der Waals surface area contributed by atoms with E-state index in [1.807, 2.05) is 18.2 Å². The summed E-state index contributed by atoms with van der Waals surface area (Å²) in [5.74, 6) is 1.58. The molecule has 4 nitrogen and oxygen atoms in total. The molecule has 0 saturated carbocycles. The normalized spacial score (nSPS) is 10.5. The summed E-state index contributed by atoms with van der Waals surface area (Å²) in [5, 5.41) is 12.0. The average Bonchev–Trinajstić information content (AvgIpc) is 2.45. The van der Waals surface area contributed by atoms with Gasteiger partial charge in [0.1, 0.15) is 0 Å². The number of hydrogen-bond donors (Lipinski definition) is 2. The van der Waals surface area contributed by atoms with Crippen LogP contribution < -0.4 is 14.8 Å². The van der Waals surface area contributed by atoms with Crippen molar-refractivity contribution < 1.29 is 14.6 Å². The Hall–Kier alpha value is -1.26. The van der Waals surface area contributed by atoms with Gasteiger partial charge in [0, 0.05) is 13.2 Å². The van der Waals surface area contributed by atoms with E-state index in [9.17, 15) is 0 Å². The zero-order valence-corrected chi connectivity index (χ0v) is 11.9. The van der Waals surface area contributed by atoms with Crippen molar-refractivity contribution in [2.24, 2.45) is 0 Å². The maximum atomic E-state index is 8.71. The van der Waals surface area contributed by atoms with Gasteiger partial charge in [0.2, 0.25) is 0 Å². The fraction of sp³-hybridized carbons (Fsp3) is 0.600. The Labute approximate surface area is 115 Å². The van der Waals surface area contributed by atoms with Gasteiger partial charge < -0.3 is 19.9 Å². The topological polar surface area (TPSA) is 50.7 Å². The van der Waals surface area contributed by atoms with Gasteiger partial charge in [-0.25, -0.2) is 0 Å². The summed E-state index contributed by atoms with van der Waals surface area (Å²) in [6.07, 6.45) is 2.94. The molecule has 2 N–H and O–H groups in total. The lowest BCUT2D eigenvalue weighted by Gasteiger charge is -2.12. The van der Waals surface area contributed by atoms with E-state index in [0.29, 0.717) is 0 Å². The molecule has 0 unspecified atom stereocenters. The maximum Gasteiger partial charge on any atom is 0.161 e. The van der Waals surface area contributed by atoms with Crippen LogP contribution in [-0.2, 0) is 6.54 Å². The first-order chi connectivity index (χ1) is 9.31. The van der Waals surface area contributed by atoms with Crippen LogP contribution in [0.15, 0.2) is 18.2 Å². The highest BCUT2D eigenvalue weighted by molar-refractivity contribution is 5.42. The Morgan fingerprint density at radius 3 is 2.74 bits per heavy atom. The molecule has 1 aromatic carbocycles. The molecule has 1 rings (SSSR count). The van der Waals surface area contributed by atoms with Crippen LogP contribution in [0, 0.1) is 0 Å². The van der Waals surface area contributed by atoms with Crippen LogP contribution in [0.25, 0.3) is 0 Å². The van der Waals surface area contributed by atoms with E-state index in [-0.39, 0.29) is 6.61 Å². The van der Waals surface area contributed by atoms with Gasteiger partial charge >= 0.3 is 0 Å². The van der Waals surface area contributed by atoms with Crippen molar-refractivity contribution in [3.8, 4) is 11.5 Å². The lowest BCUT2D eigenvalue weighted by Crippen LogP contribution is -2.15. The number of aliphatic hydroxyl groups excluding tert-OH is 1. The zero-order chi connectivity index (χ0) is 13.9. The highest BCUT2D eigenvalue weighted by Crippen LogP contribution is 2.28. The van der Waals surface area contributed by atoms with Crippen LogP contribution in [0.3, 0.4) is 0 Å². The molecular formula is C15H25NO3. The lowest BCUT2D eigenvalue weighted by molar-refractivity contribution is 0.285. The summed E-state index contributed by atoms with van der Waals surface area (Å²) in [5.41, 5.74) is 1.15. The predicted molar refractivity (Wildman–Crippen MR) is 76.8 cm³/mol. The number of hydrogen-bond acceptors (Lipinski definition) is 4. The minimum atomic E-state index is 0.223. The Morgan fingerprint density at radius 2 is 2.05 bits per heavy atom. The molecule has 0 fully saturated rings. The van der Waals surface area contributed by atoms with Crippen LogP contribution in [0.2, 0.25) is 0 Å². The van der Waals surface area contributed by atoms with Crippen molar-refractivity contribution in [1.29, 1.82) is 0 Å². The van der Waals surface area contributed by atoms with E-state index in [2.05, 4.69) is 12.2 Å². The number of nitrogens with one attached hydrogen (secondary N) is 1. The Balaban J connectivity index is 2.51. The molecule has 0 amide bonds. The first kappa shape index (κ1) is 15.8. The zero-order valence-electron chi connectivity index (χ0n) is 11.9. The van der Waals surface area contributed by atoms with Crippen LogP contribution in [0.4, 0.5) is 0 Å². The first-order valence-corrected chi connectivity index (χ1v) is 6.93. The molecule has 0 aliphatic rings. The van der Waals surface area contributed by atoms with Crippen LogP contribution in [0.1, 0.15) is 31.7 Å². The first-order valence-electron chi connectivity index (χ1n) is 6.93. The molecule has 19 heavy (non-hydrogen) atoms. The van der Waals surface area contributed by atoms with E-state index in [0.717, 1.165) is 56.0 Å². The molecule has 0 atom stereocenters. The molecule has 0 bridgehead atoms. The molecule has 0 saturated heterocycles. The largest absolute Gasteiger partial charge is 0.493 e. The SMILES string of the molecule is CCCCOc1ccc(CNCCCO)cc1OC. The van der Waals surface area contributed by atoms with Gasteiger partial charge in [-0.15, -0.1) is 0 Å². The molecule has 108 valence electrons. The van der Waals surface area contributed by atoms with Crippen molar-refractivity contribution >= 4 is 0 Å². The molecule has 0 spiro atoms. The van der Waals surface area contributed by atoms with E-state index < -0.39 is 0 Å². The lowest BCUT2D eigenvalue weighted by atomic mass is 10.2. The summed E-state index contributed by atoms with van der Waals surface area (Å²) in [4.78, 5) is 0. The third-order valence-electron chi connectivity index (χ3n) is 2.82. The van der Waals surface area contributed by atoms with Crippen molar-refractivity contribution in [3.63, 3.8) is 0 Å². The molecule has 0 radical (unpaired) electrons. The molecule has 4 heteroatoms. The second-order valence-corrected chi connectivity index (χ2v) is 4.44. The average molecular weight is 267 g/mol. The van der Waals surface area contributed by atoms with Crippen LogP contribution in [0.5, 0.6) is 11.5 Å². The van der Waals surface area contributed by atoms with E-state index in [1.165, 1.54) is 0 Å². The highest BCUT2D eigenvalue weighted by atomic mass is 16.5. The minimum absolute atomic E-state index is 0.223. The predicted octanol–water partition coefficient (Wildman–Crippen LogP) is 2.35. The number of unbranched alkanes of at least 4 members (excludes halogenated alkanes) is 1. The molecular weight excluding hydrogens is 242 g/mol. The Kier molecular flexibility index (Phi) is 8.02. The maximum absolute atomic E-state index is 8.71. The summed E-state index contributed by atoms with van der Waals surface area (Å²) in [7, 11) is 1.66. The van der Waals surface area contributed by atoms with Crippen LogP contribution >= 0.6 is 0 Å². The minimum Gasteiger partial charge on any atom is -0.493 e. The molecule has 0 aromatic heterocycles. The fourth-order valence-corrected chi connectivity index (χ4v) is 1.70. The standard InChI is InChI=1S/C15H25NO3/c1-3-4-10-19-14-7-6-13(11-15(14)18-2)12-16-8-5-9-17/h6-7,11,16-17H,3-5,8-10,12H2,1-2H3. The second-order valence-electron chi connectivity index (χ2n) is 4.44. The summed E-state index contributed by atoms with van der Waals surface area (Å²) < 4.78 is 11.0. The third-order valence-corrected chi connectivity index (χ3v) is 2.82. The van der Waals surface area contributed by atoms with E-state index in [4.69, 9.17) is 14.6 Å². The van der Waals surface area contributed by atoms with Gasteiger partial charge in [0.05, 0.1) is 13.7 Å². The van der Waals surface area contributed by atoms with Crippen LogP contribution in [-0.4, -0.2) is 32.0 Å². The van der Waals surface area contributed by atoms with E-state index in [1.54, 1.807) is 7.11 Å². The fourth-order valence-electron chi connectivity index (χ4n) is 1.70. The van der Waals surface area contributed by atoms with Gasteiger partial charge in [-0.3, -0.25) is 0 Å². The van der Waals surface area contributed by atoms with Gasteiger partial charge in [0.25, 0.3) is 0 Å². The van der Waals surface area contributed by atoms with Gasteiger partial charge in [-0.05, 0) is 37.1 Å². The summed E-state index contributed by atoms with van der Waals surface area (Å²) in [6.45, 7) is 4.67. The highest BCUT2D eigenvalue weighted by Gasteiger charge is 2.05.